The van der Waals surface area contributed by atoms with E-state index in [1.807, 2.05) is 6.07 Å². The molecule has 0 amide bonds. The molecule has 5 N–H and O–H groups in total. The smallest absolute Gasteiger partial charge is 0.167 e. The van der Waals surface area contributed by atoms with Gasteiger partial charge in [-0.15, -0.1) is 0 Å². The van der Waals surface area contributed by atoms with Crippen LogP contribution >= 0.6 is 0 Å². The van der Waals surface area contributed by atoms with E-state index in [1.54, 1.807) is 6.07 Å². The lowest BCUT2D eigenvalue weighted by molar-refractivity contribution is -0.0511. The van der Waals surface area contributed by atoms with E-state index < -0.39 is 31.1 Å². The number of hydrogen-bond acceptors (Lipinski definition) is 10. The van der Waals surface area contributed by atoms with Gasteiger partial charge in [0, 0.05) is 12.1 Å². The largest absolute Gasteiger partial charge is 0.504 e. The molecule has 0 spiro atoms. The molecule has 29 heavy (non-hydrogen) atoms. The number of phenolic OH excluding ortho intramolecular Hbond substituents is 1. The van der Waals surface area contributed by atoms with Gasteiger partial charge in [0.2, 0.25) is 0 Å². The van der Waals surface area contributed by atoms with Crippen LogP contribution in [0.2, 0.25) is 0 Å². The summed E-state index contributed by atoms with van der Waals surface area (Å²) in [6.45, 7) is -0.112. The first-order chi connectivity index (χ1) is 14.0. The van der Waals surface area contributed by atoms with Crippen LogP contribution in [0.3, 0.4) is 0 Å². The second-order valence-corrected chi connectivity index (χ2v) is 6.60. The average Bonchev–Trinajstić information content (AvgIpc) is 3.28. The summed E-state index contributed by atoms with van der Waals surface area (Å²) in [5.74, 6) is 0.835. The van der Waals surface area contributed by atoms with Crippen molar-refractivity contribution >= 4 is 17.0 Å². The second kappa shape index (κ2) is 7.79. The van der Waals surface area contributed by atoms with Crippen molar-refractivity contribution in [3.63, 3.8) is 0 Å². The van der Waals surface area contributed by atoms with Crippen LogP contribution in [0.15, 0.2) is 30.9 Å². The molecule has 0 saturated carbocycles. The topological polar surface area (TPSA) is 155 Å². The van der Waals surface area contributed by atoms with Crippen molar-refractivity contribution in [2.45, 2.75) is 31.1 Å². The Kier molecular flexibility index (Phi) is 5.20. The maximum Gasteiger partial charge on any atom is 0.167 e. The number of ether oxygens (including phenoxy) is 2. The summed E-state index contributed by atoms with van der Waals surface area (Å²) in [5.41, 5.74) is 1.55. The highest BCUT2D eigenvalue weighted by molar-refractivity contribution is 5.82. The third kappa shape index (κ3) is 3.34. The molecule has 2 aromatic heterocycles. The maximum absolute atomic E-state index is 10.3. The zero-order valence-corrected chi connectivity index (χ0v) is 15.5. The van der Waals surface area contributed by atoms with Crippen molar-refractivity contribution in [1.82, 2.24) is 19.5 Å². The zero-order valence-electron chi connectivity index (χ0n) is 15.5. The summed E-state index contributed by atoms with van der Waals surface area (Å²) in [5, 5.41) is 42.6. The summed E-state index contributed by atoms with van der Waals surface area (Å²) in [7, 11) is 1.48. The number of benzene rings is 1. The van der Waals surface area contributed by atoms with Gasteiger partial charge in [0.05, 0.1) is 20.0 Å². The van der Waals surface area contributed by atoms with Crippen LogP contribution in [-0.4, -0.2) is 72.0 Å². The maximum atomic E-state index is 10.3. The molecule has 1 fully saturated rings. The highest BCUT2D eigenvalue weighted by Crippen LogP contribution is 2.33. The van der Waals surface area contributed by atoms with Gasteiger partial charge in [-0.3, -0.25) is 4.57 Å². The molecule has 1 aliphatic heterocycles. The van der Waals surface area contributed by atoms with E-state index in [4.69, 9.17) is 9.47 Å². The molecule has 3 heterocycles. The molecule has 4 atom stereocenters. The average molecular weight is 403 g/mol. The summed E-state index contributed by atoms with van der Waals surface area (Å²) < 4.78 is 12.3. The van der Waals surface area contributed by atoms with Crippen LogP contribution in [-0.2, 0) is 11.3 Å². The third-order valence-corrected chi connectivity index (χ3v) is 4.88. The first-order valence-electron chi connectivity index (χ1n) is 8.93. The molecule has 0 unspecified atom stereocenters. The number of anilines is 1. The molecule has 11 heteroatoms. The number of imidazole rings is 1. The number of aromatic hydroxyl groups is 1. The Morgan fingerprint density at radius 2 is 2.03 bits per heavy atom. The number of phenols is 1. The number of aliphatic hydroxyl groups excluding tert-OH is 3. The molecule has 0 radical (unpaired) electrons. The van der Waals surface area contributed by atoms with Gasteiger partial charge in [-0.25, -0.2) is 15.0 Å². The Morgan fingerprint density at radius 3 is 2.76 bits per heavy atom. The van der Waals surface area contributed by atoms with Crippen LogP contribution < -0.4 is 10.1 Å². The van der Waals surface area contributed by atoms with Crippen molar-refractivity contribution in [2.75, 3.05) is 19.0 Å². The van der Waals surface area contributed by atoms with Gasteiger partial charge in [0.25, 0.3) is 0 Å². The van der Waals surface area contributed by atoms with E-state index in [2.05, 4.69) is 20.3 Å². The molecule has 4 rings (SSSR count). The third-order valence-electron chi connectivity index (χ3n) is 4.88. The predicted molar refractivity (Wildman–Crippen MR) is 100 cm³/mol. The molecule has 0 aliphatic carbocycles. The SMILES string of the molecule is COc1c(O)cccc1CNc1ncnc2c1ncn2[C@@H]1O[C@H](CO)[C@@H](O)[C@@H]1O. The summed E-state index contributed by atoms with van der Waals surface area (Å²) in [6, 6.07) is 5.05. The molecule has 1 aromatic carbocycles. The number of rotatable bonds is 6. The lowest BCUT2D eigenvalue weighted by Crippen LogP contribution is -2.33. The molecule has 154 valence electrons. The number of nitrogens with zero attached hydrogens (tertiary/aromatic N) is 4. The fourth-order valence-corrected chi connectivity index (χ4v) is 3.40. The van der Waals surface area contributed by atoms with Crippen LogP contribution in [0.5, 0.6) is 11.5 Å². The van der Waals surface area contributed by atoms with Crippen molar-refractivity contribution in [2.24, 2.45) is 0 Å². The molecule has 1 saturated heterocycles. The van der Waals surface area contributed by atoms with Gasteiger partial charge in [-0.05, 0) is 6.07 Å². The van der Waals surface area contributed by atoms with Gasteiger partial charge < -0.3 is 35.2 Å². The van der Waals surface area contributed by atoms with Crippen molar-refractivity contribution in [3.8, 4) is 11.5 Å². The van der Waals surface area contributed by atoms with Gasteiger partial charge in [-0.1, -0.05) is 12.1 Å². The Labute approximate surface area is 165 Å². The normalized spacial score (nSPS) is 24.1. The highest BCUT2D eigenvalue weighted by atomic mass is 16.6. The zero-order chi connectivity index (χ0) is 20.5. The van der Waals surface area contributed by atoms with Crippen LogP contribution in [0.1, 0.15) is 11.8 Å². The van der Waals surface area contributed by atoms with Crippen molar-refractivity contribution in [1.29, 1.82) is 0 Å². The first-order valence-corrected chi connectivity index (χ1v) is 8.93. The minimum Gasteiger partial charge on any atom is -0.504 e. The van der Waals surface area contributed by atoms with Crippen molar-refractivity contribution in [3.05, 3.63) is 36.4 Å². The van der Waals surface area contributed by atoms with E-state index in [-0.39, 0.29) is 5.75 Å². The van der Waals surface area contributed by atoms with Gasteiger partial charge in [0.15, 0.2) is 34.7 Å². The molecule has 3 aromatic rings. The van der Waals surface area contributed by atoms with Crippen molar-refractivity contribution < 1.29 is 29.9 Å². The Morgan fingerprint density at radius 1 is 1.21 bits per heavy atom. The van der Waals surface area contributed by atoms with Crippen LogP contribution in [0.25, 0.3) is 11.2 Å². The summed E-state index contributed by atoms with van der Waals surface area (Å²) in [4.78, 5) is 12.7. The number of fused-ring (bicyclic) bond motifs is 1. The molecule has 1 aliphatic rings. The lowest BCUT2D eigenvalue weighted by Gasteiger charge is -2.16. The van der Waals surface area contributed by atoms with Crippen LogP contribution in [0.4, 0.5) is 5.82 Å². The molecule has 11 nitrogen and oxygen atoms in total. The summed E-state index contributed by atoms with van der Waals surface area (Å²) in [6.07, 6.45) is -1.54. The Hall–Kier alpha value is -2.99. The monoisotopic (exact) mass is 403 g/mol. The fourth-order valence-electron chi connectivity index (χ4n) is 3.40. The fraction of sp³-hybridized carbons (Fsp3) is 0.389. The number of aromatic nitrogens is 4. The number of nitrogens with one attached hydrogen (secondary N) is 1. The molecule has 0 bridgehead atoms. The van der Waals surface area contributed by atoms with E-state index in [0.29, 0.717) is 29.3 Å². The lowest BCUT2D eigenvalue weighted by atomic mass is 10.1. The van der Waals surface area contributed by atoms with E-state index >= 15 is 0 Å². The first kappa shape index (κ1) is 19.3. The number of methoxy groups -OCH3 is 1. The minimum absolute atomic E-state index is 0.0354. The standard InChI is InChI=1S/C18H21N5O6/c1-28-15-9(3-2-4-10(15)25)5-19-16-12-17(21-7-20-16)23(8-22-12)18-14(27)13(26)11(6-24)29-18/h2-4,7-8,11,13-14,18,24-27H,5-6H2,1H3,(H,19,20,21)/t11-,13-,14+,18-/m1/s1. The van der Waals surface area contributed by atoms with E-state index in [9.17, 15) is 20.4 Å². The van der Waals surface area contributed by atoms with Gasteiger partial charge in [-0.2, -0.15) is 0 Å². The van der Waals surface area contributed by atoms with Crippen LogP contribution in [0, 0.1) is 0 Å². The minimum atomic E-state index is -1.24. The predicted octanol–water partition coefficient (Wildman–Crippen LogP) is -0.236. The number of para-hydroxylation sites is 1. The number of aliphatic hydroxyl groups is 3. The number of hydrogen-bond donors (Lipinski definition) is 5. The van der Waals surface area contributed by atoms with E-state index in [1.165, 1.54) is 30.4 Å². The quantitative estimate of drug-likeness (QED) is 0.372. The molecular weight excluding hydrogens is 382 g/mol. The summed E-state index contributed by atoms with van der Waals surface area (Å²) >= 11 is 0. The van der Waals surface area contributed by atoms with E-state index in [0.717, 1.165) is 5.56 Å². The second-order valence-electron chi connectivity index (χ2n) is 6.60. The van der Waals surface area contributed by atoms with Gasteiger partial charge >= 0.3 is 0 Å². The molecular formula is C18H21N5O6. The van der Waals surface area contributed by atoms with Gasteiger partial charge in [0.1, 0.15) is 24.6 Å². The Bertz CT molecular complexity index is 1010. The Balaban J connectivity index is 1.61. The highest BCUT2D eigenvalue weighted by Gasteiger charge is 2.44.